The standard InChI is InChI=1S/C6HBrCl2FI/c7-2-1-3(8)5(10)4(9)6(2)11/h1H. The lowest BCUT2D eigenvalue weighted by molar-refractivity contribution is 0.627. The molecule has 1 rings (SSSR count). The highest BCUT2D eigenvalue weighted by Crippen LogP contribution is 2.33. The molecule has 0 aliphatic rings. The molecule has 0 spiro atoms. The summed E-state index contributed by atoms with van der Waals surface area (Å²) in [5, 5.41) is 0.0901. The van der Waals surface area contributed by atoms with Crippen LogP contribution in [0.5, 0.6) is 0 Å². The molecule has 0 aromatic heterocycles. The van der Waals surface area contributed by atoms with E-state index in [1.54, 1.807) is 0 Å². The van der Waals surface area contributed by atoms with Crippen LogP contribution < -0.4 is 0 Å². The summed E-state index contributed by atoms with van der Waals surface area (Å²) in [6, 6.07) is 1.48. The van der Waals surface area contributed by atoms with Crippen LogP contribution in [0, 0.1) is 9.39 Å². The van der Waals surface area contributed by atoms with Crippen LogP contribution in [0.4, 0.5) is 4.39 Å². The molecule has 0 saturated carbocycles. The average Bonchev–Trinajstić information content (AvgIpc) is 1.97. The van der Waals surface area contributed by atoms with E-state index in [1.807, 2.05) is 22.6 Å². The molecule has 0 unspecified atom stereocenters. The van der Waals surface area contributed by atoms with E-state index in [9.17, 15) is 4.39 Å². The van der Waals surface area contributed by atoms with Gasteiger partial charge in [-0.05, 0) is 44.6 Å². The third-order valence-corrected chi connectivity index (χ3v) is 4.49. The molecular weight excluding hydrogens is 369 g/mol. The molecule has 0 atom stereocenters. The Bertz CT molecular complexity index is 277. The van der Waals surface area contributed by atoms with Crippen LogP contribution in [-0.2, 0) is 0 Å². The summed E-state index contributed by atoms with van der Waals surface area (Å²) in [6.45, 7) is 0. The zero-order valence-electron chi connectivity index (χ0n) is 4.97. The highest BCUT2D eigenvalue weighted by atomic mass is 127. The number of hydrogen-bond acceptors (Lipinski definition) is 0. The predicted molar refractivity (Wildman–Crippen MR) is 56.8 cm³/mol. The van der Waals surface area contributed by atoms with Gasteiger partial charge in [-0.25, -0.2) is 4.39 Å². The van der Waals surface area contributed by atoms with E-state index >= 15 is 0 Å². The molecule has 1 aromatic carbocycles. The van der Waals surface area contributed by atoms with Gasteiger partial charge in [0.05, 0.1) is 10.0 Å². The van der Waals surface area contributed by atoms with Crippen molar-refractivity contribution in [2.24, 2.45) is 0 Å². The number of hydrogen-bond donors (Lipinski definition) is 0. The zero-order chi connectivity index (χ0) is 8.59. The lowest BCUT2D eigenvalue weighted by atomic mass is 10.3. The van der Waals surface area contributed by atoms with Crippen LogP contribution in [-0.4, -0.2) is 0 Å². The van der Waals surface area contributed by atoms with Gasteiger partial charge in [-0.15, -0.1) is 0 Å². The molecule has 5 heteroatoms. The first-order valence-corrected chi connectivity index (χ1v) is 5.15. The van der Waals surface area contributed by atoms with Crippen LogP contribution in [0.3, 0.4) is 0 Å². The van der Waals surface area contributed by atoms with E-state index in [1.165, 1.54) is 6.07 Å². The largest absolute Gasteiger partial charge is 0.204 e. The number of rotatable bonds is 0. The minimum Gasteiger partial charge on any atom is -0.204 e. The predicted octanol–water partition coefficient (Wildman–Crippen LogP) is 4.50. The van der Waals surface area contributed by atoms with Crippen molar-refractivity contribution in [2.45, 2.75) is 0 Å². The van der Waals surface area contributed by atoms with Gasteiger partial charge in [0, 0.05) is 8.04 Å². The topological polar surface area (TPSA) is 0 Å². The van der Waals surface area contributed by atoms with Crippen molar-refractivity contribution in [2.75, 3.05) is 0 Å². The number of halogens is 5. The van der Waals surface area contributed by atoms with Crippen molar-refractivity contribution >= 4 is 61.7 Å². The first-order valence-electron chi connectivity index (χ1n) is 2.52. The second-order valence-electron chi connectivity index (χ2n) is 1.78. The highest BCUT2D eigenvalue weighted by Gasteiger charge is 2.11. The Morgan fingerprint density at radius 2 is 2.00 bits per heavy atom. The van der Waals surface area contributed by atoms with Gasteiger partial charge in [-0.3, -0.25) is 0 Å². The molecule has 0 aliphatic heterocycles. The van der Waals surface area contributed by atoms with Gasteiger partial charge in [-0.1, -0.05) is 23.2 Å². The van der Waals surface area contributed by atoms with Crippen molar-refractivity contribution in [1.82, 2.24) is 0 Å². The van der Waals surface area contributed by atoms with E-state index in [2.05, 4.69) is 15.9 Å². The monoisotopic (exact) mass is 368 g/mol. The average molecular weight is 370 g/mol. The summed E-state index contributed by atoms with van der Waals surface area (Å²) in [5.74, 6) is -0.569. The molecule has 0 bridgehead atoms. The van der Waals surface area contributed by atoms with E-state index in [0.717, 1.165) is 0 Å². The highest BCUT2D eigenvalue weighted by molar-refractivity contribution is 14.1. The summed E-state index contributed by atoms with van der Waals surface area (Å²) < 4.78 is 14.2. The lowest BCUT2D eigenvalue weighted by Crippen LogP contribution is -1.84. The summed E-state index contributed by atoms with van der Waals surface area (Å²) in [4.78, 5) is 0. The second-order valence-corrected chi connectivity index (χ2v) is 4.50. The summed E-state index contributed by atoms with van der Waals surface area (Å²) >= 11 is 16.2. The lowest BCUT2D eigenvalue weighted by Gasteiger charge is -2.01. The fourth-order valence-electron chi connectivity index (χ4n) is 0.544. The van der Waals surface area contributed by atoms with Gasteiger partial charge in [-0.2, -0.15) is 0 Å². The summed E-state index contributed by atoms with van der Waals surface area (Å²) in [7, 11) is 0. The third-order valence-electron chi connectivity index (χ3n) is 1.06. The normalized spacial score (nSPS) is 10.3. The fraction of sp³-hybridized carbons (Fsp3) is 0. The van der Waals surface area contributed by atoms with Crippen LogP contribution >= 0.6 is 61.7 Å². The van der Waals surface area contributed by atoms with Crippen LogP contribution in [0.25, 0.3) is 0 Å². The third kappa shape index (κ3) is 1.99. The summed E-state index contributed by atoms with van der Waals surface area (Å²) in [5.41, 5.74) is 0. The Hall–Kier alpha value is 0.940. The zero-order valence-corrected chi connectivity index (χ0v) is 10.2. The van der Waals surface area contributed by atoms with Crippen LogP contribution in [0.15, 0.2) is 10.5 Å². The molecule has 0 radical (unpaired) electrons. The molecule has 1 aromatic rings. The van der Waals surface area contributed by atoms with Gasteiger partial charge in [0.25, 0.3) is 0 Å². The molecule has 0 saturated heterocycles. The summed E-state index contributed by atoms with van der Waals surface area (Å²) in [6.07, 6.45) is 0. The fourth-order valence-corrected chi connectivity index (χ4v) is 2.07. The Morgan fingerprint density at radius 3 is 2.55 bits per heavy atom. The smallest absolute Gasteiger partial charge is 0.161 e. The molecular formula is C6HBrCl2FI. The van der Waals surface area contributed by atoms with E-state index in [0.29, 0.717) is 8.04 Å². The minimum absolute atomic E-state index is 0.0299. The van der Waals surface area contributed by atoms with E-state index < -0.39 is 5.82 Å². The van der Waals surface area contributed by atoms with Crippen LogP contribution in [0.2, 0.25) is 10.0 Å². The maximum absolute atomic E-state index is 12.9. The SMILES string of the molecule is Fc1c(Cl)cc(Br)c(I)c1Cl. The Labute approximate surface area is 95.3 Å². The maximum Gasteiger partial charge on any atom is 0.161 e. The van der Waals surface area contributed by atoms with Crippen molar-refractivity contribution in [3.05, 3.63) is 30.0 Å². The molecule has 0 amide bonds. The van der Waals surface area contributed by atoms with E-state index in [4.69, 9.17) is 23.2 Å². The van der Waals surface area contributed by atoms with Gasteiger partial charge >= 0.3 is 0 Å². The first-order chi connectivity index (χ1) is 5.04. The van der Waals surface area contributed by atoms with Crippen LogP contribution in [0.1, 0.15) is 0 Å². The van der Waals surface area contributed by atoms with Crippen molar-refractivity contribution in [1.29, 1.82) is 0 Å². The molecule has 0 aliphatic carbocycles. The Morgan fingerprint density at radius 1 is 1.45 bits per heavy atom. The van der Waals surface area contributed by atoms with E-state index in [-0.39, 0.29) is 10.0 Å². The van der Waals surface area contributed by atoms with Crippen molar-refractivity contribution in [3.8, 4) is 0 Å². The first kappa shape index (κ1) is 10.0. The van der Waals surface area contributed by atoms with Gasteiger partial charge in [0.15, 0.2) is 5.82 Å². The van der Waals surface area contributed by atoms with Gasteiger partial charge in [0.2, 0.25) is 0 Å². The number of benzene rings is 1. The molecule has 0 heterocycles. The molecule has 60 valence electrons. The van der Waals surface area contributed by atoms with Gasteiger partial charge in [0.1, 0.15) is 0 Å². The maximum atomic E-state index is 12.9. The Balaban J connectivity index is 3.46. The van der Waals surface area contributed by atoms with Crippen molar-refractivity contribution in [3.63, 3.8) is 0 Å². The molecule has 0 nitrogen and oxygen atoms in total. The molecule has 0 fully saturated rings. The Kier molecular flexibility index (Phi) is 3.43. The quantitative estimate of drug-likeness (QED) is 0.359. The van der Waals surface area contributed by atoms with Gasteiger partial charge < -0.3 is 0 Å². The molecule has 11 heavy (non-hydrogen) atoms. The second kappa shape index (κ2) is 3.77. The minimum atomic E-state index is -0.569. The van der Waals surface area contributed by atoms with Crippen molar-refractivity contribution < 1.29 is 4.39 Å². The molecule has 0 N–H and O–H groups in total.